The van der Waals surface area contributed by atoms with E-state index in [4.69, 9.17) is 16.6 Å². The first-order valence-corrected chi connectivity index (χ1v) is 13.2. The fraction of sp³-hybridized carbons (Fsp3) is 0.240. The molecule has 5 nitrogen and oxygen atoms in total. The highest BCUT2D eigenvalue weighted by molar-refractivity contribution is 7.99. The van der Waals surface area contributed by atoms with Crippen LogP contribution >= 0.6 is 34.7 Å². The van der Waals surface area contributed by atoms with E-state index in [0.29, 0.717) is 21.1 Å². The van der Waals surface area contributed by atoms with Crippen LogP contribution in [0.5, 0.6) is 0 Å². The summed E-state index contributed by atoms with van der Waals surface area (Å²) in [5.41, 5.74) is 0.219. The van der Waals surface area contributed by atoms with E-state index in [1.165, 1.54) is 15.9 Å². The number of hydrogen-bond acceptors (Lipinski definition) is 5. The summed E-state index contributed by atoms with van der Waals surface area (Å²) in [5.74, 6) is -0.770. The first-order valence-electron chi connectivity index (χ1n) is 11.0. The van der Waals surface area contributed by atoms with Crippen molar-refractivity contribution < 1.29 is 18.0 Å². The zero-order chi connectivity index (χ0) is 26.0. The monoisotopic (exact) mass is 551 g/mol. The standard InChI is InChI=1S/C25H21ClF3N3O2S2/c1-3-7-19-14(2)21-22(36-19)31-24(32(23(21)34)16-8-5-4-6-9-16)35-13-20(33)30-18-12-15(25(27,28)29)10-11-17(18)26/h4-6,8-12H,3,7,13H2,1-2H3,(H,30,33). The Balaban J connectivity index is 1.67. The molecular formula is C25H21ClF3N3O2S2. The fourth-order valence-electron chi connectivity index (χ4n) is 3.69. The molecule has 0 atom stereocenters. The lowest BCUT2D eigenvalue weighted by atomic mass is 10.1. The van der Waals surface area contributed by atoms with Gasteiger partial charge >= 0.3 is 6.18 Å². The number of thioether (sulfide) groups is 1. The van der Waals surface area contributed by atoms with Gasteiger partial charge in [0.1, 0.15) is 4.83 Å². The van der Waals surface area contributed by atoms with Crippen LogP contribution in [0, 0.1) is 6.92 Å². The van der Waals surface area contributed by atoms with Crippen molar-refractivity contribution in [3.8, 4) is 5.69 Å². The van der Waals surface area contributed by atoms with Crippen LogP contribution in [0.15, 0.2) is 58.5 Å². The first-order chi connectivity index (χ1) is 17.1. The molecule has 0 saturated carbocycles. The number of rotatable bonds is 7. The zero-order valence-electron chi connectivity index (χ0n) is 19.3. The van der Waals surface area contributed by atoms with Crippen LogP contribution < -0.4 is 10.9 Å². The number of carbonyl (C=O) groups is 1. The fourth-order valence-corrected chi connectivity index (χ4v) is 5.99. The van der Waals surface area contributed by atoms with Crippen molar-refractivity contribution in [3.63, 3.8) is 0 Å². The summed E-state index contributed by atoms with van der Waals surface area (Å²) < 4.78 is 40.6. The minimum absolute atomic E-state index is 0.0143. The van der Waals surface area contributed by atoms with Crippen molar-refractivity contribution in [3.05, 3.63) is 79.9 Å². The molecule has 0 bridgehead atoms. The molecule has 0 saturated heterocycles. The summed E-state index contributed by atoms with van der Waals surface area (Å²) in [6, 6.07) is 11.7. The number of benzene rings is 2. The van der Waals surface area contributed by atoms with E-state index in [1.807, 2.05) is 13.0 Å². The van der Waals surface area contributed by atoms with E-state index in [-0.39, 0.29) is 22.0 Å². The van der Waals surface area contributed by atoms with Gasteiger partial charge in [-0.15, -0.1) is 11.3 Å². The second-order valence-corrected chi connectivity index (χ2v) is 10.4. The van der Waals surface area contributed by atoms with Crippen LogP contribution in [0.2, 0.25) is 5.02 Å². The van der Waals surface area contributed by atoms with E-state index in [9.17, 15) is 22.8 Å². The molecule has 0 aliphatic heterocycles. The van der Waals surface area contributed by atoms with Crippen molar-refractivity contribution in [2.75, 3.05) is 11.1 Å². The molecule has 1 N–H and O–H groups in total. The van der Waals surface area contributed by atoms with Gasteiger partial charge in [0.05, 0.1) is 33.1 Å². The first kappa shape index (κ1) is 26.2. The Labute approximate surface area is 218 Å². The number of anilines is 1. The summed E-state index contributed by atoms with van der Waals surface area (Å²) in [5, 5.41) is 3.28. The Morgan fingerprint density at radius 2 is 1.92 bits per heavy atom. The van der Waals surface area contributed by atoms with Gasteiger partial charge in [-0.1, -0.05) is 54.9 Å². The number of aryl methyl sites for hydroxylation is 2. The Morgan fingerprint density at radius 3 is 2.58 bits per heavy atom. The van der Waals surface area contributed by atoms with E-state index in [1.54, 1.807) is 24.3 Å². The molecule has 0 fully saturated rings. The van der Waals surface area contributed by atoms with Gasteiger partial charge in [0, 0.05) is 4.88 Å². The van der Waals surface area contributed by atoms with Gasteiger partial charge in [0.25, 0.3) is 5.56 Å². The van der Waals surface area contributed by atoms with Crippen LogP contribution in [-0.2, 0) is 17.4 Å². The molecule has 36 heavy (non-hydrogen) atoms. The van der Waals surface area contributed by atoms with Crippen LogP contribution in [0.25, 0.3) is 15.9 Å². The summed E-state index contributed by atoms with van der Waals surface area (Å²) in [6.07, 6.45) is -2.81. The number of thiophene rings is 1. The van der Waals surface area contributed by atoms with Gasteiger partial charge in [-0.3, -0.25) is 14.2 Å². The number of aromatic nitrogens is 2. The molecule has 188 valence electrons. The highest BCUT2D eigenvalue weighted by atomic mass is 35.5. The summed E-state index contributed by atoms with van der Waals surface area (Å²) in [7, 11) is 0. The van der Waals surface area contributed by atoms with Crippen LogP contribution in [-0.4, -0.2) is 21.2 Å². The number of hydrogen-bond donors (Lipinski definition) is 1. The molecule has 4 rings (SSSR count). The second kappa shape index (κ2) is 10.7. The van der Waals surface area contributed by atoms with Crippen molar-refractivity contribution in [1.29, 1.82) is 0 Å². The molecule has 0 unspecified atom stereocenters. The summed E-state index contributed by atoms with van der Waals surface area (Å²) >= 11 is 8.48. The Kier molecular flexibility index (Phi) is 7.77. The average Bonchev–Trinajstić information content (AvgIpc) is 3.14. The highest BCUT2D eigenvalue weighted by Gasteiger charge is 2.31. The quantitative estimate of drug-likeness (QED) is 0.196. The summed E-state index contributed by atoms with van der Waals surface area (Å²) in [6.45, 7) is 3.98. The maximum atomic E-state index is 13.6. The number of nitrogens with one attached hydrogen (secondary N) is 1. The van der Waals surface area contributed by atoms with Crippen molar-refractivity contribution in [2.24, 2.45) is 0 Å². The maximum absolute atomic E-state index is 13.6. The van der Waals surface area contributed by atoms with E-state index < -0.39 is 17.6 Å². The molecule has 1 amide bonds. The molecule has 0 aliphatic carbocycles. The number of fused-ring (bicyclic) bond motifs is 1. The predicted octanol–water partition coefficient (Wildman–Crippen LogP) is 7.11. The van der Waals surface area contributed by atoms with Crippen molar-refractivity contribution in [1.82, 2.24) is 9.55 Å². The van der Waals surface area contributed by atoms with Crippen molar-refractivity contribution >= 4 is 56.5 Å². The molecule has 2 aromatic carbocycles. The average molecular weight is 552 g/mol. The van der Waals surface area contributed by atoms with E-state index in [0.717, 1.165) is 53.2 Å². The largest absolute Gasteiger partial charge is 0.416 e. The third-order valence-electron chi connectivity index (χ3n) is 5.42. The van der Waals surface area contributed by atoms with Crippen LogP contribution in [0.4, 0.5) is 18.9 Å². The molecule has 2 aromatic heterocycles. The smallest absolute Gasteiger partial charge is 0.324 e. The molecule has 0 spiro atoms. The predicted molar refractivity (Wildman–Crippen MR) is 140 cm³/mol. The van der Waals surface area contributed by atoms with Crippen molar-refractivity contribution in [2.45, 2.75) is 38.0 Å². The number of carbonyl (C=O) groups excluding carboxylic acids is 1. The minimum Gasteiger partial charge on any atom is -0.324 e. The second-order valence-electron chi connectivity index (χ2n) is 7.98. The van der Waals surface area contributed by atoms with E-state index in [2.05, 4.69) is 12.2 Å². The van der Waals surface area contributed by atoms with Gasteiger partial charge in [-0.25, -0.2) is 4.98 Å². The third-order valence-corrected chi connectivity index (χ3v) is 7.94. The Bertz CT molecular complexity index is 1480. The van der Waals surface area contributed by atoms with Gasteiger partial charge in [0.15, 0.2) is 5.16 Å². The SMILES string of the molecule is CCCc1sc2nc(SCC(=O)Nc3cc(C(F)(F)F)ccc3Cl)n(-c3ccccc3)c(=O)c2c1C. The molecule has 2 heterocycles. The lowest BCUT2D eigenvalue weighted by Crippen LogP contribution is -2.23. The number of halogens is 4. The minimum atomic E-state index is -4.57. The highest BCUT2D eigenvalue weighted by Crippen LogP contribution is 2.34. The normalized spacial score (nSPS) is 11.7. The topological polar surface area (TPSA) is 64.0 Å². The maximum Gasteiger partial charge on any atom is 0.416 e. The number of alkyl halides is 3. The number of amides is 1. The number of para-hydroxylation sites is 1. The molecule has 11 heteroatoms. The zero-order valence-corrected chi connectivity index (χ0v) is 21.7. The Hall–Kier alpha value is -2.82. The molecule has 0 radical (unpaired) electrons. The number of nitrogens with zero attached hydrogens (tertiary/aromatic N) is 2. The lowest BCUT2D eigenvalue weighted by Gasteiger charge is -2.13. The molecule has 4 aromatic rings. The lowest BCUT2D eigenvalue weighted by molar-refractivity contribution is -0.137. The Morgan fingerprint density at radius 1 is 1.19 bits per heavy atom. The molecular weight excluding hydrogens is 531 g/mol. The van der Waals surface area contributed by atoms with E-state index >= 15 is 0 Å². The van der Waals surface area contributed by atoms with Gasteiger partial charge < -0.3 is 5.32 Å². The van der Waals surface area contributed by atoms with Gasteiger partial charge in [-0.2, -0.15) is 13.2 Å². The summed E-state index contributed by atoms with van der Waals surface area (Å²) in [4.78, 5) is 32.6. The third kappa shape index (κ3) is 5.45. The molecule has 0 aliphatic rings. The van der Waals surface area contributed by atoms with Crippen LogP contribution in [0.3, 0.4) is 0 Å². The van der Waals surface area contributed by atoms with Crippen LogP contribution in [0.1, 0.15) is 29.3 Å². The van der Waals surface area contributed by atoms with Gasteiger partial charge in [0.2, 0.25) is 5.91 Å². The van der Waals surface area contributed by atoms with Gasteiger partial charge in [-0.05, 0) is 49.2 Å².